The molecule has 1 aliphatic rings. The van der Waals surface area contributed by atoms with Gasteiger partial charge >= 0.3 is 12.1 Å². The summed E-state index contributed by atoms with van der Waals surface area (Å²) in [5.41, 5.74) is -0.752. The Morgan fingerprint density at radius 2 is 1.68 bits per heavy atom. The number of likely N-dealkylation sites (tertiary alicyclic amines) is 1. The lowest BCUT2D eigenvalue weighted by Crippen LogP contribution is -2.33. The second-order valence-corrected chi connectivity index (χ2v) is 5.43. The molecule has 1 saturated heterocycles. The monoisotopic (exact) mass is 323 g/mol. The Morgan fingerprint density at radius 1 is 1.00 bits per heavy atom. The highest BCUT2D eigenvalue weighted by Crippen LogP contribution is 2.43. The number of ether oxygens (including phenoxy) is 1. The molecule has 0 bridgehead atoms. The molecule has 0 saturated carbocycles. The highest BCUT2D eigenvalue weighted by Gasteiger charge is 2.58. The zero-order valence-corrected chi connectivity index (χ0v) is 12.0. The van der Waals surface area contributed by atoms with Crippen molar-refractivity contribution >= 4 is 0 Å². The summed E-state index contributed by atoms with van der Waals surface area (Å²) in [6.07, 6.45) is -2.22. The van der Waals surface area contributed by atoms with E-state index in [-0.39, 0.29) is 6.61 Å². The van der Waals surface area contributed by atoms with Gasteiger partial charge in [-0.1, -0.05) is 24.6 Å². The number of rotatable bonds is 5. The Balaban J connectivity index is 1.94. The lowest BCUT2D eigenvalue weighted by Gasteiger charge is -2.26. The first-order chi connectivity index (χ1) is 10.3. The molecule has 22 heavy (non-hydrogen) atoms. The summed E-state index contributed by atoms with van der Waals surface area (Å²) in [7, 11) is 0. The number of hydrogen-bond acceptors (Lipinski definition) is 2. The van der Waals surface area contributed by atoms with Crippen LogP contribution in [0.4, 0.5) is 22.0 Å². The first-order valence-electron chi connectivity index (χ1n) is 7.15. The molecule has 0 unspecified atom stereocenters. The summed E-state index contributed by atoms with van der Waals surface area (Å²) < 4.78 is 69.0. The zero-order chi connectivity index (χ0) is 16.2. The molecule has 0 amide bonds. The van der Waals surface area contributed by atoms with Crippen molar-refractivity contribution in [2.75, 3.05) is 19.8 Å². The molecule has 0 aliphatic carbocycles. The maximum absolute atomic E-state index is 13.3. The summed E-state index contributed by atoms with van der Waals surface area (Å²) >= 11 is 0. The maximum Gasteiger partial charge on any atom is 0.458 e. The molecule has 1 aromatic carbocycles. The van der Waals surface area contributed by atoms with Gasteiger partial charge in [-0.2, -0.15) is 22.0 Å². The van der Waals surface area contributed by atoms with Crippen molar-refractivity contribution in [2.24, 2.45) is 0 Å². The lowest BCUT2D eigenvalue weighted by molar-refractivity contribution is -0.289. The van der Waals surface area contributed by atoms with Gasteiger partial charge in [0.05, 0.1) is 13.3 Å². The fourth-order valence-corrected chi connectivity index (χ4v) is 2.40. The topological polar surface area (TPSA) is 12.5 Å². The first kappa shape index (κ1) is 17.1. The minimum absolute atomic E-state index is 0.0122. The van der Waals surface area contributed by atoms with Crippen LogP contribution in [0.5, 0.6) is 0 Å². The minimum atomic E-state index is -5.60. The Bertz CT molecular complexity index is 483. The fourth-order valence-electron chi connectivity index (χ4n) is 2.40. The van der Waals surface area contributed by atoms with Crippen molar-refractivity contribution < 1.29 is 26.7 Å². The summed E-state index contributed by atoms with van der Waals surface area (Å²) in [4.78, 5) is 2.09. The summed E-state index contributed by atoms with van der Waals surface area (Å²) in [6.45, 7) is 2.22. The Kier molecular flexibility index (Phi) is 5.39. The summed E-state index contributed by atoms with van der Waals surface area (Å²) in [5, 5.41) is 0. The van der Waals surface area contributed by atoms with Gasteiger partial charge in [0.15, 0.2) is 0 Å². The van der Waals surface area contributed by atoms with Gasteiger partial charge in [0.25, 0.3) is 0 Å². The van der Waals surface area contributed by atoms with E-state index in [0.29, 0.717) is 12.3 Å². The molecule has 124 valence electrons. The van der Waals surface area contributed by atoms with E-state index in [0.717, 1.165) is 38.1 Å². The molecule has 0 atom stereocenters. The Morgan fingerprint density at radius 3 is 2.32 bits per heavy atom. The van der Waals surface area contributed by atoms with E-state index in [9.17, 15) is 22.0 Å². The molecule has 1 aliphatic heterocycles. The largest absolute Gasteiger partial charge is 0.458 e. The van der Waals surface area contributed by atoms with E-state index in [1.807, 2.05) is 0 Å². The molecule has 0 spiro atoms. The van der Waals surface area contributed by atoms with Crippen LogP contribution >= 0.6 is 0 Å². The fraction of sp³-hybridized carbons (Fsp3) is 0.600. The number of alkyl halides is 5. The number of hydrogen-bond donors (Lipinski definition) is 0. The van der Waals surface area contributed by atoms with Crippen LogP contribution in [0.2, 0.25) is 0 Å². The van der Waals surface area contributed by atoms with Crippen LogP contribution in [0.1, 0.15) is 30.4 Å². The number of benzene rings is 1. The molecule has 1 heterocycles. The van der Waals surface area contributed by atoms with E-state index >= 15 is 0 Å². The molecule has 2 rings (SSSR count). The number of nitrogens with zero attached hydrogens (tertiary/aromatic N) is 1. The highest BCUT2D eigenvalue weighted by atomic mass is 19.4. The normalized spacial score (nSPS) is 17.7. The van der Waals surface area contributed by atoms with Crippen LogP contribution in [0.25, 0.3) is 0 Å². The Hall–Kier alpha value is -1.21. The van der Waals surface area contributed by atoms with Gasteiger partial charge < -0.3 is 4.74 Å². The SMILES string of the molecule is FC(F)(F)C(F)(F)c1cccc(COCN2CCCCC2)c1. The van der Waals surface area contributed by atoms with Gasteiger partial charge in [0.1, 0.15) is 0 Å². The van der Waals surface area contributed by atoms with E-state index in [1.54, 1.807) is 0 Å². The van der Waals surface area contributed by atoms with E-state index in [2.05, 4.69) is 4.90 Å². The molecule has 1 fully saturated rings. The third kappa shape index (κ3) is 4.16. The number of halogens is 5. The highest BCUT2D eigenvalue weighted by molar-refractivity contribution is 5.27. The standard InChI is InChI=1S/C15H18F5NO/c16-14(17,15(18,19)20)13-6-4-5-12(9-13)10-22-11-21-7-2-1-3-8-21/h4-6,9H,1-3,7-8,10-11H2. The number of piperidine rings is 1. The second-order valence-electron chi connectivity index (χ2n) is 5.43. The van der Waals surface area contributed by atoms with Crippen LogP contribution in [-0.2, 0) is 17.3 Å². The van der Waals surface area contributed by atoms with Gasteiger partial charge in [-0.25, -0.2) is 0 Å². The van der Waals surface area contributed by atoms with Crippen LogP contribution in [-0.4, -0.2) is 30.9 Å². The average molecular weight is 323 g/mol. The predicted molar refractivity (Wildman–Crippen MR) is 71.5 cm³/mol. The van der Waals surface area contributed by atoms with Crippen molar-refractivity contribution in [3.8, 4) is 0 Å². The van der Waals surface area contributed by atoms with Crippen molar-refractivity contribution in [3.05, 3.63) is 35.4 Å². The summed E-state index contributed by atoms with van der Waals surface area (Å²) in [5.74, 6) is -4.85. The van der Waals surface area contributed by atoms with Crippen molar-refractivity contribution in [2.45, 2.75) is 38.0 Å². The van der Waals surface area contributed by atoms with Crippen molar-refractivity contribution in [1.82, 2.24) is 4.90 Å². The van der Waals surface area contributed by atoms with E-state index < -0.39 is 17.7 Å². The predicted octanol–water partition coefficient (Wildman–Crippen LogP) is 4.30. The Labute approximate surface area is 125 Å². The second kappa shape index (κ2) is 6.91. The molecular weight excluding hydrogens is 305 g/mol. The lowest BCUT2D eigenvalue weighted by atomic mass is 10.1. The molecule has 1 aromatic rings. The third-order valence-corrected chi connectivity index (χ3v) is 3.64. The molecule has 0 aromatic heterocycles. The first-order valence-corrected chi connectivity index (χ1v) is 7.15. The van der Waals surface area contributed by atoms with Crippen molar-refractivity contribution in [1.29, 1.82) is 0 Å². The minimum Gasteiger partial charge on any atom is -0.361 e. The van der Waals surface area contributed by atoms with Crippen molar-refractivity contribution in [3.63, 3.8) is 0 Å². The quantitative estimate of drug-likeness (QED) is 0.749. The smallest absolute Gasteiger partial charge is 0.361 e. The molecule has 2 nitrogen and oxygen atoms in total. The average Bonchev–Trinajstić information content (AvgIpc) is 2.47. The van der Waals surface area contributed by atoms with E-state index in [4.69, 9.17) is 4.74 Å². The van der Waals surface area contributed by atoms with Gasteiger partial charge in [0.2, 0.25) is 0 Å². The zero-order valence-electron chi connectivity index (χ0n) is 12.0. The van der Waals surface area contributed by atoms with Crippen LogP contribution in [0.15, 0.2) is 24.3 Å². The molecular formula is C15H18F5NO. The molecule has 7 heteroatoms. The van der Waals surface area contributed by atoms with Gasteiger partial charge in [-0.05, 0) is 24.5 Å². The van der Waals surface area contributed by atoms with Crippen LogP contribution in [0, 0.1) is 0 Å². The van der Waals surface area contributed by atoms with Gasteiger partial charge in [0, 0.05) is 18.7 Å². The third-order valence-electron chi connectivity index (χ3n) is 3.64. The van der Waals surface area contributed by atoms with Gasteiger partial charge in [-0.15, -0.1) is 0 Å². The van der Waals surface area contributed by atoms with Gasteiger partial charge in [-0.3, -0.25) is 4.90 Å². The van der Waals surface area contributed by atoms with Crippen LogP contribution < -0.4 is 0 Å². The molecule has 0 radical (unpaired) electrons. The molecule has 0 N–H and O–H groups in total. The maximum atomic E-state index is 13.3. The summed E-state index contributed by atoms with van der Waals surface area (Å²) in [6, 6.07) is 4.30. The van der Waals surface area contributed by atoms with Crippen LogP contribution in [0.3, 0.4) is 0 Å². The van der Waals surface area contributed by atoms with E-state index in [1.165, 1.54) is 18.6 Å².